The molecule has 1 amide bonds. The highest BCUT2D eigenvalue weighted by Crippen LogP contribution is 2.42. The Kier molecular flexibility index (Phi) is 3.62. The summed E-state index contributed by atoms with van der Waals surface area (Å²) in [6.07, 6.45) is 8.77. The molecule has 6 nitrogen and oxygen atoms in total. The summed E-state index contributed by atoms with van der Waals surface area (Å²) in [4.78, 5) is 23.1. The number of carbonyl (C=O) groups excluding carboxylic acids is 1. The van der Waals surface area contributed by atoms with Gasteiger partial charge >= 0.3 is 0 Å². The van der Waals surface area contributed by atoms with Gasteiger partial charge in [-0.1, -0.05) is 0 Å². The summed E-state index contributed by atoms with van der Waals surface area (Å²) < 4.78 is 2.08. The van der Waals surface area contributed by atoms with Gasteiger partial charge in [-0.25, -0.2) is 4.98 Å². The third-order valence-corrected chi connectivity index (χ3v) is 6.36. The standard InChI is InChI=1S/C19H20N4O2S/c24-18(16-10-26-12-21-16)23-14-1-2-15(23)8-19(25,7-14)11-22-6-4-13-3-5-20-9-17(13)22/h3-6,9-10,12,14-15,25H,1-2,7-8,11H2/t14-,15-/m0/s1. The summed E-state index contributed by atoms with van der Waals surface area (Å²) >= 11 is 1.44. The van der Waals surface area contributed by atoms with Gasteiger partial charge in [0.15, 0.2) is 0 Å². The van der Waals surface area contributed by atoms with E-state index < -0.39 is 5.60 Å². The van der Waals surface area contributed by atoms with E-state index in [0.29, 0.717) is 25.1 Å². The van der Waals surface area contributed by atoms with Gasteiger partial charge in [-0.15, -0.1) is 11.3 Å². The summed E-state index contributed by atoms with van der Waals surface area (Å²) in [5.74, 6) is 0.0106. The van der Waals surface area contributed by atoms with Crippen molar-refractivity contribution in [2.24, 2.45) is 0 Å². The molecule has 3 aromatic heterocycles. The predicted octanol–water partition coefficient (Wildman–Crippen LogP) is 2.69. The fourth-order valence-electron chi connectivity index (χ4n) is 4.72. The molecule has 1 N–H and O–H groups in total. The molecule has 2 atom stereocenters. The maximum absolute atomic E-state index is 12.8. The molecule has 0 unspecified atom stereocenters. The molecule has 0 spiro atoms. The minimum absolute atomic E-state index is 0.0106. The van der Waals surface area contributed by atoms with Gasteiger partial charge in [0, 0.05) is 35.2 Å². The molecule has 7 heteroatoms. The van der Waals surface area contributed by atoms with Crippen molar-refractivity contribution in [1.29, 1.82) is 0 Å². The minimum Gasteiger partial charge on any atom is -0.388 e. The zero-order valence-corrected chi connectivity index (χ0v) is 15.1. The third kappa shape index (κ3) is 2.54. The van der Waals surface area contributed by atoms with E-state index in [1.165, 1.54) is 11.3 Å². The average molecular weight is 368 g/mol. The maximum atomic E-state index is 12.8. The first-order valence-electron chi connectivity index (χ1n) is 8.95. The molecule has 5 heterocycles. The molecule has 26 heavy (non-hydrogen) atoms. The Morgan fingerprint density at radius 3 is 2.85 bits per heavy atom. The van der Waals surface area contributed by atoms with Crippen LogP contribution in [0.15, 0.2) is 41.6 Å². The molecule has 0 saturated carbocycles. The first kappa shape index (κ1) is 16.0. The minimum atomic E-state index is -0.799. The van der Waals surface area contributed by atoms with E-state index in [-0.39, 0.29) is 18.0 Å². The Labute approximate surface area is 155 Å². The third-order valence-electron chi connectivity index (χ3n) is 5.78. The second kappa shape index (κ2) is 5.89. The SMILES string of the molecule is O=C(c1cscn1)N1[C@H]2CC[C@H]1CC(O)(Cn1ccc3ccncc31)C2. The van der Waals surface area contributed by atoms with E-state index in [4.69, 9.17) is 0 Å². The average Bonchev–Trinajstić information content (AvgIpc) is 3.35. The summed E-state index contributed by atoms with van der Waals surface area (Å²) in [5.41, 5.74) is 2.46. The van der Waals surface area contributed by atoms with Gasteiger partial charge in [0.25, 0.3) is 5.91 Å². The number of carbonyl (C=O) groups is 1. The fraction of sp³-hybridized carbons (Fsp3) is 0.421. The van der Waals surface area contributed by atoms with Crippen molar-refractivity contribution in [2.75, 3.05) is 0 Å². The normalized spacial score (nSPS) is 28.0. The van der Waals surface area contributed by atoms with E-state index in [1.54, 1.807) is 11.7 Å². The van der Waals surface area contributed by atoms with Gasteiger partial charge in [-0.3, -0.25) is 9.78 Å². The van der Waals surface area contributed by atoms with Gasteiger partial charge in [-0.2, -0.15) is 0 Å². The van der Waals surface area contributed by atoms with Crippen molar-refractivity contribution in [3.05, 3.63) is 47.3 Å². The molecule has 3 aromatic rings. The Morgan fingerprint density at radius 1 is 1.31 bits per heavy atom. The lowest BCUT2D eigenvalue weighted by Crippen LogP contribution is -2.54. The monoisotopic (exact) mass is 368 g/mol. The number of thiazole rings is 1. The van der Waals surface area contributed by atoms with Crippen LogP contribution in [-0.2, 0) is 6.54 Å². The van der Waals surface area contributed by atoms with E-state index in [9.17, 15) is 9.90 Å². The fourth-order valence-corrected chi connectivity index (χ4v) is 5.24. The van der Waals surface area contributed by atoms with Crippen LogP contribution in [0.2, 0.25) is 0 Å². The van der Waals surface area contributed by atoms with Crippen molar-refractivity contribution < 1.29 is 9.90 Å². The quantitative estimate of drug-likeness (QED) is 0.772. The predicted molar refractivity (Wildman–Crippen MR) is 99.0 cm³/mol. The van der Waals surface area contributed by atoms with Crippen LogP contribution < -0.4 is 0 Å². The maximum Gasteiger partial charge on any atom is 0.273 e. The van der Waals surface area contributed by atoms with Gasteiger partial charge in [0.05, 0.1) is 29.4 Å². The summed E-state index contributed by atoms with van der Waals surface area (Å²) in [6, 6.07) is 4.21. The number of nitrogens with zero attached hydrogens (tertiary/aromatic N) is 4. The molecule has 2 aliphatic rings. The molecule has 2 fully saturated rings. The number of fused-ring (bicyclic) bond motifs is 3. The molecule has 2 aliphatic heterocycles. The van der Waals surface area contributed by atoms with Crippen LogP contribution in [0.4, 0.5) is 0 Å². The Morgan fingerprint density at radius 2 is 2.12 bits per heavy atom. The molecule has 0 aromatic carbocycles. The largest absolute Gasteiger partial charge is 0.388 e. The van der Waals surface area contributed by atoms with Crippen molar-refractivity contribution in [2.45, 2.75) is 49.9 Å². The van der Waals surface area contributed by atoms with Crippen molar-refractivity contribution in [3.8, 4) is 0 Å². The van der Waals surface area contributed by atoms with E-state index in [1.807, 2.05) is 28.7 Å². The van der Waals surface area contributed by atoms with Gasteiger partial charge < -0.3 is 14.6 Å². The number of aliphatic hydroxyl groups is 1. The van der Waals surface area contributed by atoms with Crippen LogP contribution in [-0.4, -0.2) is 48.1 Å². The van der Waals surface area contributed by atoms with Gasteiger partial charge in [-0.05, 0) is 37.8 Å². The Bertz CT molecular complexity index is 938. The highest BCUT2D eigenvalue weighted by atomic mass is 32.1. The molecule has 0 radical (unpaired) electrons. The van der Waals surface area contributed by atoms with Crippen molar-refractivity contribution in [3.63, 3.8) is 0 Å². The molecule has 2 saturated heterocycles. The van der Waals surface area contributed by atoms with Crippen LogP contribution in [0, 0.1) is 0 Å². The molecule has 134 valence electrons. The summed E-state index contributed by atoms with van der Waals surface area (Å²) in [6.45, 7) is 0.536. The number of piperidine rings is 1. The van der Waals surface area contributed by atoms with Crippen LogP contribution in [0.3, 0.4) is 0 Å². The Hall–Kier alpha value is -2.25. The van der Waals surface area contributed by atoms with Crippen LogP contribution >= 0.6 is 11.3 Å². The Balaban J connectivity index is 1.39. The lowest BCUT2D eigenvalue weighted by Gasteiger charge is -2.43. The zero-order chi connectivity index (χ0) is 17.7. The van der Waals surface area contributed by atoms with Crippen molar-refractivity contribution >= 4 is 28.1 Å². The number of amides is 1. The molecular weight excluding hydrogens is 348 g/mol. The number of aromatic nitrogens is 3. The lowest BCUT2D eigenvalue weighted by atomic mass is 9.85. The molecule has 5 rings (SSSR count). The smallest absolute Gasteiger partial charge is 0.273 e. The second-order valence-electron chi connectivity index (χ2n) is 7.48. The van der Waals surface area contributed by atoms with Crippen LogP contribution in [0.25, 0.3) is 10.9 Å². The highest BCUT2D eigenvalue weighted by molar-refractivity contribution is 7.07. The number of hydrogen-bond acceptors (Lipinski definition) is 5. The second-order valence-corrected chi connectivity index (χ2v) is 8.20. The lowest BCUT2D eigenvalue weighted by molar-refractivity contribution is -0.0534. The summed E-state index contributed by atoms with van der Waals surface area (Å²) in [7, 11) is 0. The molecule has 0 aliphatic carbocycles. The first-order chi connectivity index (χ1) is 12.6. The van der Waals surface area contributed by atoms with Crippen LogP contribution in [0.1, 0.15) is 36.2 Å². The first-order valence-corrected chi connectivity index (χ1v) is 9.89. The number of pyridine rings is 1. The molecule has 2 bridgehead atoms. The highest BCUT2D eigenvalue weighted by Gasteiger charge is 2.49. The van der Waals surface area contributed by atoms with Crippen molar-refractivity contribution in [1.82, 2.24) is 19.4 Å². The van der Waals surface area contributed by atoms with Gasteiger partial charge in [0.2, 0.25) is 0 Å². The summed E-state index contributed by atoms with van der Waals surface area (Å²) in [5, 5.41) is 14.3. The van der Waals surface area contributed by atoms with E-state index in [2.05, 4.69) is 20.6 Å². The van der Waals surface area contributed by atoms with Gasteiger partial charge in [0.1, 0.15) is 5.69 Å². The van der Waals surface area contributed by atoms with Crippen LogP contribution in [0.5, 0.6) is 0 Å². The zero-order valence-electron chi connectivity index (χ0n) is 14.3. The number of hydrogen-bond donors (Lipinski definition) is 1. The number of rotatable bonds is 3. The molecular formula is C19H20N4O2S. The topological polar surface area (TPSA) is 71.2 Å². The van der Waals surface area contributed by atoms with E-state index >= 15 is 0 Å². The van der Waals surface area contributed by atoms with E-state index in [0.717, 1.165) is 23.7 Å².